The fourth-order valence-electron chi connectivity index (χ4n) is 3.07. The summed E-state index contributed by atoms with van der Waals surface area (Å²) in [5, 5.41) is 6.66. The van der Waals surface area contributed by atoms with Crippen LogP contribution in [0.3, 0.4) is 0 Å². The number of carbonyl (C=O) groups excluding carboxylic acids is 2. The number of hydrogen-bond acceptors (Lipinski definition) is 5. The van der Waals surface area contributed by atoms with E-state index in [1.165, 1.54) is 6.21 Å². The normalized spacial score (nSPS) is 10.7. The number of amides is 2. The fourth-order valence-corrected chi connectivity index (χ4v) is 3.65. The summed E-state index contributed by atoms with van der Waals surface area (Å²) in [4.78, 5) is 24.2. The van der Waals surface area contributed by atoms with Crippen LogP contribution in [-0.4, -0.2) is 25.1 Å². The molecule has 0 fully saturated rings. The van der Waals surface area contributed by atoms with Crippen molar-refractivity contribution in [1.29, 1.82) is 0 Å². The van der Waals surface area contributed by atoms with Crippen LogP contribution in [0.4, 0.5) is 5.69 Å². The second kappa shape index (κ2) is 12.0. The SMILES string of the molecule is COc1cc(C=NNC(=O)CC(=O)Nc2ccc(C)c(C)c2)cc(Br)c1OCc1ccccc1. The topological polar surface area (TPSA) is 89.0 Å². The standard InChI is InChI=1S/C26H26BrN3O4/c1-17-9-10-21(11-18(17)2)29-24(31)14-25(32)30-28-15-20-12-22(27)26(23(13-20)33-3)34-16-19-7-5-4-6-8-19/h4-13,15H,14,16H2,1-3H3,(H,29,31)(H,30,32). The molecule has 0 radical (unpaired) electrons. The molecule has 0 saturated carbocycles. The third-order valence-electron chi connectivity index (χ3n) is 4.99. The van der Waals surface area contributed by atoms with Crippen LogP contribution in [0, 0.1) is 13.8 Å². The Morgan fingerprint density at radius 1 is 1.00 bits per heavy atom. The van der Waals surface area contributed by atoms with Crippen LogP contribution in [0.15, 0.2) is 70.2 Å². The monoisotopic (exact) mass is 523 g/mol. The number of rotatable bonds is 9. The van der Waals surface area contributed by atoms with Gasteiger partial charge in [0.15, 0.2) is 11.5 Å². The van der Waals surface area contributed by atoms with E-state index in [0.717, 1.165) is 16.7 Å². The Labute approximate surface area is 207 Å². The van der Waals surface area contributed by atoms with Crippen molar-refractivity contribution >= 4 is 39.6 Å². The first-order valence-corrected chi connectivity index (χ1v) is 11.4. The summed E-state index contributed by atoms with van der Waals surface area (Å²) in [5.74, 6) is 0.146. The first-order chi connectivity index (χ1) is 16.4. The van der Waals surface area contributed by atoms with Gasteiger partial charge in [0.2, 0.25) is 11.8 Å². The molecule has 7 nitrogen and oxygen atoms in total. The van der Waals surface area contributed by atoms with Crippen LogP contribution in [0.2, 0.25) is 0 Å². The molecule has 176 valence electrons. The summed E-state index contributed by atoms with van der Waals surface area (Å²) in [7, 11) is 1.55. The lowest BCUT2D eigenvalue weighted by Gasteiger charge is -2.13. The van der Waals surface area contributed by atoms with Gasteiger partial charge >= 0.3 is 0 Å². The van der Waals surface area contributed by atoms with Crippen molar-refractivity contribution < 1.29 is 19.1 Å². The minimum absolute atomic E-state index is 0.344. The first kappa shape index (κ1) is 25.0. The molecule has 0 unspecified atom stereocenters. The average Bonchev–Trinajstić information content (AvgIpc) is 2.81. The Hall–Kier alpha value is -3.65. The number of hydrazone groups is 1. The van der Waals surface area contributed by atoms with Gasteiger partial charge in [-0.05, 0) is 76.3 Å². The van der Waals surface area contributed by atoms with Gasteiger partial charge in [-0.3, -0.25) is 9.59 Å². The number of benzene rings is 3. The molecule has 3 rings (SSSR count). The van der Waals surface area contributed by atoms with Crippen LogP contribution in [0.1, 0.15) is 28.7 Å². The third-order valence-corrected chi connectivity index (χ3v) is 5.58. The molecule has 0 aliphatic rings. The number of hydrogen-bond donors (Lipinski definition) is 2. The molecule has 0 aliphatic carbocycles. The van der Waals surface area contributed by atoms with Gasteiger partial charge in [0.25, 0.3) is 0 Å². The molecule has 34 heavy (non-hydrogen) atoms. The summed E-state index contributed by atoms with van der Waals surface area (Å²) < 4.78 is 12.1. The van der Waals surface area contributed by atoms with Gasteiger partial charge in [-0.15, -0.1) is 0 Å². The Kier molecular flexibility index (Phi) is 8.81. The summed E-state index contributed by atoms with van der Waals surface area (Å²) in [6.45, 7) is 4.34. The predicted octanol–water partition coefficient (Wildman–Crippen LogP) is 5.13. The zero-order chi connectivity index (χ0) is 24.5. The van der Waals surface area contributed by atoms with Crippen molar-refractivity contribution in [2.75, 3.05) is 12.4 Å². The molecule has 0 atom stereocenters. The van der Waals surface area contributed by atoms with E-state index >= 15 is 0 Å². The first-order valence-electron chi connectivity index (χ1n) is 10.6. The van der Waals surface area contributed by atoms with Crippen molar-refractivity contribution in [2.24, 2.45) is 5.10 Å². The molecule has 8 heteroatoms. The highest BCUT2D eigenvalue weighted by Gasteiger charge is 2.12. The fraction of sp³-hybridized carbons (Fsp3) is 0.192. The summed E-state index contributed by atoms with van der Waals surface area (Å²) in [6.07, 6.45) is 1.12. The number of methoxy groups -OCH3 is 1. The molecule has 0 aromatic heterocycles. The van der Waals surface area contributed by atoms with Crippen LogP contribution in [-0.2, 0) is 16.2 Å². The van der Waals surface area contributed by atoms with Gasteiger partial charge in [0.05, 0.1) is 17.8 Å². The highest BCUT2D eigenvalue weighted by molar-refractivity contribution is 9.10. The Morgan fingerprint density at radius 2 is 1.76 bits per heavy atom. The predicted molar refractivity (Wildman–Crippen MR) is 136 cm³/mol. The molecular weight excluding hydrogens is 498 g/mol. The molecule has 3 aromatic carbocycles. The maximum atomic E-state index is 12.1. The molecule has 0 heterocycles. The Bertz CT molecular complexity index is 1200. The maximum absolute atomic E-state index is 12.1. The number of halogens is 1. The number of nitrogens with zero attached hydrogens (tertiary/aromatic N) is 1. The van der Waals surface area contributed by atoms with E-state index in [-0.39, 0.29) is 6.42 Å². The number of carbonyl (C=O) groups is 2. The van der Waals surface area contributed by atoms with E-state index in [4.69, 9.17) is 9.47 Å². The van der Waals surface area contributed by atoms with E-state index in [1.807, 2.05) is 56.3 Å². The van der Waals surface area contributed by atoms with Crippen molar-refractivity contribution in [1.82, 2.24) is 5.43 Å². The summed E-state index contributed by atoms with van der Waals surface area (Å²) in [5.41, 5.74) is 6.92. The lowest BCUT2D eigenvalue weighted by Crippen LogP contribution is -2.24. The van der Waals surface area contributed by atoms with E-state index in [1.54, 1.807) is 25.3 Å². The molecule has 2 N–H and O–H groups in total. The van der Waals surface area contributed by atoms with Gasteiger partial charge in [0.1, 0.15) is 13.0 Å². The summed E-state index contributed by atoms with van der Waals surface area (Å²) >= 11 is 3.50. The molecule has 3 aromatic rings. The maximum Gasteiger partial charge on any atom is 0.249 e. The molecular formula is C26H26BrN3O4. The third kappa shape index (κ3) is 7.18. The van der Waals surface area contributed by atoms with Gasteiger partial charge < -0.3 is 14.8 Å². The highest BCUT2D eigenvalue weighted by Crippen LogP contribution is 2.36. The van der Waals surface area contributed by atoms with Crippen LogP contribution in [0.25, 0.3) is 0 Å². The molecule has 0 aliphatic heterocycles. The quantitative estimate of drug-likeness (QED) is 0.231. The van der Waals surface area contributed by atoms with Gasteiger partial charge in [-0.25, -0.2) is 5.43 Å². The minimum atomic E-state index is -0.522. The van der Waals surface area contributed by atoms with Crippen molar-refractivity contribution in [3.8, 4) is 11.5 Å². The van der Waals surface area contributed by atoms with E-state index in [0.29, 0.717) is 33.8 Å². The molecule has 2 amide bonds. The van der Waals surface area contributed by atoms with Crippen molar-refractivity contribution in [3.63, 3.8) is 0 Å². The Morgan fingerprint density at radius 3 is 2.47 bits per heavy atom. The number of aryl methyl sites for hydroxylation is 2. The van der Waals surface area contributed by atoms with Crippen molar-refractivity contribution in [2.45, 2.75) is 26.9 Å². The second-order valence-corrected chi connectivity index (χ2v) is 8.48. The van der Waals surface area contributed by atoms with Gasteiger partial charge in [-0.1, -0.05) is 36.4 Å². The van der Waals surface area contributed by atoms with E-state index in [9.17, 15) is 9.59 Å². The molecule has 0 bridgehead atoms. The molecule has 0 spiro atoms. The van der Waals surface area contributed by atoms with Crippen molar-refractivity contribution in [3.05, 3.63) is 87.4 Å². The van der Waals surface area contributed by atoms with E-state index in [2.05, 4.69) is 31.8 Å². The second-order valence-electron chi connectivity index (χ2n) is 7.63. The van der Waals surface area contributed by atoms with Gasteiger partial charge in [-0.2, -0.15) is 5.10 Å². The number of anilines is 1. The highest BCUT2D eigenvalue weighted by atomic mass is 79.9. The zero-order valence-corrected chi connectivity index (χ0v) is 20.8. The Balaban J connectivity index is 1.55. The number of ether oxygens (including phenoxy) is 2. The van der Waals surface area contributed by atoms with Crippen LogP contribution in [0.5, 0.6) is 11.5 Å². The smallest absolute Gasteiger partial charge is 0.249 e. The minimum Gasteiger partial charge on any atom is -0.493 e. The van der Waals surface area contributed by atoms with E-state index < -0.39 is 11.8 Å². The molecule has 0 saturated heterocycles. The largest absolute Gasteiger partial charge is 0.493 e. The lowest BCUT2D eigenvalue weighted by atomic mass is 10.1. The summed E-state index contributed by atoms with van der Waals surface area (Å²) in [6, 6.07) is 18.9. The van der Waals surface area contributed by atoms with Crippen LogP contribution < -0.4 is 20.2 Å². The van der Waals surface area contributed by atoms with Crippen LogP contribution >= 0.6 is 15.9 Å². The zero-order valence-electron chi connectivity index (χ0n) is 19.2. The number of nitrogens with one attached hydrogen (secondary N) is 2. The lowest BCUT2D eigenvalue weighted by molar-refractivity contribution is -0.126. The average molecular weight is 524 g/mol. The van der Waals surface area contributed by atoms with Gasteiger partial charge in [0, 0.05) is 5.69 Å².